The fourth-order valence-corrected chi connectivity index (χ4v) is 5.29. The number of ether oxygens (including phenoxy) is 1. The Bertz CT molecular complexity index is 1260. The van der Waals surface area contributed by atoms with Crippen LogP contribution in [0, 0.1) is 17.0 Å². The summed E-state index contributed by atoms with van der Waals surface area (Å²) in [5.41, 5.74) is 1.77. The Labute approximate surface area is 188 Å². The van der Waals surface area contributed by atoms with Gasteiger partial charge in [0.25, 0.3) is 11.2 Å². The van der Waals surface area contributed by atoms with Crippen molar-refractivity contribution in [3.63, 3.8) is 0 Å². The molecule has 0 saturated carbocycles. The summed E-state index contributed by atoms with van der Waals surface area (Å²) in [5, 5.41) is 14.4. The highest BCUT2D eigenvalue weighted by Crippen LogP contribution is 2.33. The van der Waals surface area contributed by atoms with Crippen molar-refractivity contribution < 1.29 is 14.5 Å². The van der Waals surface area contributed by atoms with E-state index >= 15 is 0 Å². The molecule has 1 N–H and O–H groups in total. The van der Waals surface area contributed by atoms with Crippen molar-refractivity contribution in [3.05, 3.63) is 60.5 Å². The van der Waals surface area contributed by atoms with E-state index in [1.54, 1.807) is 31.4 Å². The second-order valence-corrected chi connectivity index (χ2v) is 8.94. The van der Waals surface area contributed by atoms with E-state index in [1.165, 1.54) is 21.6 Å². The summed E-state index contributed by atoms with van der Waals surface area (Å²) in [4.78, 5) is 43.5. The molecule has 4 rings (SSSR count). The number of carbonyl (C=O) groups excluding carboxylic acids is 1. The molecule has 1 amide bonds. The number of non-ortho nitro benzene ring substituents is 1. The number of nitro groups is 1. The van der Waals surface area contributed by atoms with Crippen molar-refractivity contribution in [1.82, 2.24) is 9.55 Å². The third kappa shape index (κ3) is 4.28. The zero-order chi connectivity index (χ0) is 22.8. The molecule has 9 nitrogen and oxygen atoms in total. The highest BCUT2D eigenvalue weighted by molar-refractivity contribution is 7.18. The van der Waals surface area contributed by atoms with Gasteiger partial charge in [-0.15, -0.1) is 11.3 Å². The first-order valence-corrected chi connectivity index (χ1v) is 11.3. The van der Waals surface area contributed by atoms with Gasteiger partial charge in [0.2, 0.25) is 5.91 Å². The van der Waals surface area contributed by atoms with Crippen molar-refractivity contribution in [2.75, 3.05) is 19.0 Å². The van der Waals surface area contributed by atoms with Gasteiger partial charge < -0.3 is 10.1 Å². The molecule has 2 heterocycles. The molecule has 0 saturated heterocycles. The van der Waals surface area contributed by atoms with Gasteiger partial charge in [-0.05, 0) is 43.7 Å². The fraction of sp³-hybridized carbons (Fsp3) is 0.409. The average Bonchev–Trinajstić information content (AvgIpc) is 3.14. The van der Waals surface area contributed by atoms with Crippen molar-refractivity contribution in [1.29, 1.82) is 0 Å². The minimum absolute atomic E-state index is 0.114. The van der Waals surface area contributed by atoms with Crippen molar-refractivity contribution in [2.45, 2.75) is 45.6 Å². The number of fused-ring (bicyclic) bond motifs is 3. The molecule has 3 aromatic rings. The molecule has 1 aromatic carbocycles. The predicted octanol–water partition coefficient (Wildman–Crippen LogP) is 3.38. The lowest BCUT2D eigenvalue weighted by Gasteiger charge is -2.14. The van der Waals surface area contributed by atoms with Crippen LogP contribution in [0.5, 0.6) is 0 Å². The second-order valence-electron chi connectivity index (χ2n) is 7.86. The molecule has 0 radical (unpaired) electrons. The number of hydrogen-bond acceptors (Lipinski definition) is 7. The molecular weight excluding hydrogens is 432 g/mol. The summed E-state index contributed by atoms with van der Waals surface area (Å²) < 4.78 is 6.58. The van der Waals surface area contributed by atoms with Crippen LogP contribution in [-0.4, -0.2) is 34.1 Å². The van der Waals surface area contributed by atoms with Gasteiger partial charge in [-0.25, -0.2) is 4.98 Å². The van der Waals surface area contributed by atoms with Crippen LogP contribution in [0.2, 0.25) is 0 Å². The highest BCUT2D eigenvalue weighted by atomic mass is 32.1. The molecule has 0 aliphatic heterocycles. The Morgan fingerprint density at radius 3 is 2.88 bits per heavy atom. The lowest BCUT2D eigenvalue weighted by atomic mass is 9.97. The number of methoxy groups -OCH3 is 1. The zero-order valence-electron chi connectivity index (χ0n) is 18.0. The van der Waals surface area contributed by atoms with Crippen LogP contribution in [-0.2, 0) is 35.3 Å². The zero-order valence-corrected chi connectivity index (χ0v) is 18.8. The average molecular weight is 457 g/mol. The molecule has 0 atom stereocenters. The Kier molecular flexibility index (Phi) is 6.33. The number of thiophene rings is 1. The van der Waals surface area contributed by atoms with E-state index in [-0.39, 0.29) is 17.8 Å². The lowest BCUT2D eigenvalue weighted by molar-refractivity contribution is -0.384. The summed E-state index contributed by atoms with van der Waals surface area (Å²) in [6.07, 6.45) is 4.34. The van der Waals surface area contributed by atoms with Crippen LogP contribution >= 0.6 is 11.3 Å². The quantitative estimate of drug-likeness (QED) is 0.430. The van der Waals surface area contributed by atoms with Gasteiger partial charge in [0.15, 0.2) is 0 Å². The number of aromatic nitrogens is 2. The third-order valence-electron chi connectivity index (χ3n) is 5.69. The number of rotatable bonds is 7. The smallest absolute Gasteiger partial charge is 0.271 e. The molecule has 168 valence electrons. The number of carbonyl (C=O) groups is 1. The van der Waals surface area contributed by atoms with Gasteiger partial charge in [-0.1, -0.05) is 6.07 Å². The first-order valence-electron chi connectivity index (χ1n) is 10.5. The van der Waals surface area contributed by atoms with Gasteiger partial charge in [0.1, 0.15) is 17.2 Å². The van der Waals surface area contributed by atoms with E-state index in [0.29, 0.717) is 35.5 Å². The van der Waals surface area contributed by atoms with E-state index in [4.69, 9.17) is 9.72 Å². The Hall–Kier alpha value is -3.11. The molecule has 0 fully saturated rings. The Balaban J connectivity index is 1.70. The van der Waals surface area contributed by atoms with E-state index in [2.05, 4.69) is 5.32 Å². The normalized spacial score (nSPS) is 13.2. The van der Waals surface area contributed by atoms with Crippen LogP contribution in [0.25, 0.3) is 10.2 Å². The molecular formula is C22H24N4O5S. The van der Waals surface area contributed by atoms with E-state index < -0.39 is 10.8 Å². The first kappa shape index (κ1) is 22.1. The molecule has 1 aliphatic carbocycles. The topological polar surface area (TPSA) is 116 Å². The standard InChI is InChI=1S/C22H24N4O5S/c1-13-7-8-14(26(29)30)11-16(13)23-19(27)12-25-18(9-10-31-2)24-21-20(22(25)28)15-5-3-4-6-17(15)32-21/h7-8,11H,3-6,9-10,12H2,1-2H3,(H,23,27). The summed E-state index contributed by atoms with van der Waals surface area (Å²) >= 11 is 1.57. The monoisotopic (exact) mass is 456 g/mol. The lowest BCUT2D eigenvalue weighted by Crippen LogP contribution is -2.32. The summed E-state index contributed by atoms with van der Waals surface area (Å²) in [5.74, 6) is 0.0495. The molecule has 1 aliphatic rings. The molecule has 0 bridgehead atoms. The van der Waals surface area contributed by atoms with Crippen molar-refractivity contribution in [2.24, 2.45) is 0 Å². The number of nitrogens with one attached hydrogen (secondary N) is 1. The van der Waals surface area contributed by atoms with E-state index in [9.17, 15) is 19.7 Å². The largest absolute Gasteiger partial charge is 0.384 e. The Morgan fingerprint density at radius 2 is 2.12 bits per heavy atom. The molecule has 0 spiro atoms. The molecule has 2 aromatic heterocycles. The van der Waals surface area contributed by atoms with Crippen molar-refractivity contribution >= 4 is 38.8 Å². The van der Waals surface area contributed by atoms with Crippen LogP contribution in [0.1, 0.15) is 34.7 Å². The van der Waals surface area contributed by atoms with E-state index in [0.717, 1.165) is 36.1 Å². The van der Waals surface area contributed by atoms with Crippen LogP contribution in [0.4, 0.5) is 11.4 Å². The number of nitrogens with zero attached hydrogens (tertiary/aromatic N) is 3. The maximum absolute atomic E-state index is 13.5. The maximum Gasteiger partial charge on any atom is 0.271 e. The fourth-order valence-electron chi connectivity index (χ4n) is 4.02. The number of anilines is 1. The van der Waals surface area contributed by atoms with Gasteiger partial charge in [-0.3, -0.25) is 24.3 Å². The summed E-state index contributed by atoms with van der Waals surface area (Å²) in [6.45, 7) is 1.89. The summed E-state index contributed by atoms with van der Waals surface area (Å²) in [6, 6.07) is 4.28. The Morgan fingerprint density at radius 1 is 1.34 bits per heavy atom. The summed E-state index contributed by atoms with van der Waals surface area (Å²) in [7, 11) is 1.57. The first-order chi connectivity index (χ1) is 15.4. The SMILES string of the molecule is COCCc1nc2sc3c(c2c(=O)n1CC(=O)Nc1cc([N+](=O)[O-])ccc1C)CCCC3. The van der Waals surface area contributed by atoms with Crippen molar-refractivity contribution in [3.8, 4) is 0 Å². The van der Waals surface area contributed by atoms with Crippen LogP contribution in [0.15, 0.2) is 23.0 Å². The van der Waals surface area contributed by atoms with Gasteiger partial charge in [-0.2, -0.15) is 0 Å². The maximum atomic E-state index is 13.5. The minimum atomic E-state index is -0.514. The molecule has 32 heavy (non-hydrogen) atoms. The second kappa shape index (κ2) is 9.17. The number of amides is 1. The number of hydrogen-bond donors (Lipinski definition) is 1. The van der Waals surface area contributed by atoms with Crippen LogP contribution < -0.4 is 10.9 Å². The van der Waals surface area contributed by atoms with Crippen LogP contribution in [0.3, 0.4) is 0 Å². The number of aryl methyl sites for hydroxylation is 3. The molecule has 10 heteroatoms. The van der Waals surface area contributed by atoms with E-state index in [1.807, 2.05) is 0 Å². The number of nitro benzene ring substituents is 1. The van der Waals surface area contributed by atoms with Gasteiger partial charge in [0, 0.05) is 30.5 Å². The van der Waals surface area contributed by atoms with Gasteiger partial charge >= 0.3 is 0 Å². The predicted molar refractivity (Wildman–Crippen MR) is 123 cm³/mol. The third-order valence-corrected chi connectivity index (χ3v) is 6.88. The highest BCUT2D eigenvalue weighted by Gasteiger charge is 2.23. The molecule has 0 unspecified atom stereocenters. The van der Waals surface area contributed by atoms with Gasteiger partial charge in [0.05, 0.1) is 22.6 Å². The number of benzene rings is 1. The minimum Gasteiger partial charge on any atom is -0.384 e.